The van der Waals surface area contributed by atoms with Crippen LogP contribution in [0.25, 0.3) is 0 Å². The number of likely N-dealkylation sites (tertiary alicyclic amines) is 1. The van der Waals surface area contributed by atoms with E-state index in [0.717, 1.165) is 5.88 Å². The first-order valence-electron chi connectivity index (χ1n) is 4.61. The number of hydrogen-bond donors (Lipinski definition) is 0. The summed E-state index contributed by atoms with van der Waals surface area (Å²) in [5, 5.41) is 0. The molecular weight excluding hydrogens is 158 g/mol. The maximum Gasteiger partial charge on any atom is 0.0261 e. The van der Waals surface area contributed by atoms with E-state index in [-0.39, 0.29) is 0 Å². The summed E-state index contributed by atoms with van der Waals surface area (Å²) in [6.07, 6.45) is 4.19. The van der Waals surface area contributed by atoms with Gasteiger partial charge < -0.3 is 4.90 Å². The summed E-state index contributed by atoms with van der Waals surface area (Å²) >= 11 is 5.74. The van der Waals surface area contributed by atoms with Gasteiger partial charge in [-0.3, -0.25) is 0 Å². The van der Waals surface area contributed by atoms with Crippen molar-refractivity contribution in [3.63, 3.8) is 0 Å². The first kappa shape index (κ1) is 9.34. The molecule has 0 aliphatic carbocycles. The van der Waals surface area contributed by atoms with Crippen molar-refractivity contribution in [1.82, 2.24) is 4.90 Å². The molecule has 0 aromatic heterocycles. The van der Waals surface area contributed by atoms with E-state index in [2.05, 4.69) is 11.8 Å². The van der Waals surface area contributed by atoms with Gasteiger partial charge in [0.2, 0.25) is 0 Å². The van der Waals surface area contributed by atoms with E-state index in [9.17, 15) is 0 Å². The second kappa shape index (κ2) is 5.00. The summed E-state index contributed by atoms with van der Waals surface area (Å²) < 4.78 is 0. The second-order valence-electron chi connectivity index (χ2n) is 3.62. The molecule has 0 aromatic rings. The van der Waals surface area contributed by atoms with E-state index in [1.165, 1.54) is 38.9 Å². The molecule has 0 N–H and O–H groups in total. The van der Waals surface area contributed by atoms with Crippen LogP contribution < -0.4 is 0 Å². The van der Waals surface area contributed by atoms with Crippen LogP contribution >= 0.6 is 11.6 Å². The summed E-state index contributed by atoms with van der Waals surface area (Å²) in [6.45, 7) is 6.01. The topological polar surface area (TPSA) is 3.24 Å². The highest BCUT2D eigenvalue weighted by molar-refractivity contribution is 6.18. The molecule has 0 aromatic carbocycles. The lowest BCUT2D eigenvalue weighted by molar-refractivity contribution is 0.207. The van der Waals surface area contributed by atoms with Gasteiger partial charge in [-0.1, -0.05) is 13.3 Å². The van der Waals surface area contributed by atoms with Crippen LogP contribution in [0.15, 0.2) is 0 Å². The minimum absolute atomic E-state index is 0.662. The van der Waals surface area contributed by atoms with Gasteiger partial charge in [0.15, 0.2) is 0 Å². The fourth-order valence-corrected chi connectivity index (χ4v) is 1.73. The first-order chi connectivity index (χ1) is 5.33. The van der Waals surface area contributed by atoms with Crippen LogP contribution in [0, 0.1) is 5.92 Å². The quantitative estimate of drug-likeness (QED) is 0.596. The van der Waals surface area contributed by atoms with Gasteiger partial charge in [0.05, 0.1) is 0 Å². The van der Waals surface area contributed by atoms with Gasteiger partial charge in [0.25, 0.3) is 0 Å². The highest BCUT2D eigenvalue weighted by atomic mass is 35.5. The third-order valence-corrected chi connectivity index (χ3v) is 2.81. The van der Waals surface area contributed by atoms with Crippen molar-refractivity contribution in [3.8, 4) is 0 Å². The molecule has 0 amide bonds. The van der Waals surface area contributed by atoms with Gasteiger partial charge in [0, 0.05) is 12.4 Å². The lowest BCUT2D eigenvalue weighted by Gasteiger charge is -2.28. The van der Waals surface area contributed by atoms with Gasteiger partial charge in [0.1, 0.15) is 0 Å². The minimum Gasteiger partial charge on any atom is -0.303 e. The van der Waals surface area contributed by atoms with Crippen LogP contribution in [0.2, 0.25) is 0 Å². The van der Waals surface area contributed by atoms with Crippen molar-refractivity contribution >= 4 is 11.6 Å². The fraction of sp³-hybridized carbons (Fsp3) is 1.00. The Morgan fingerprint density at radius 1 is 1.27 bits per heavy atom. The Morgan fingerprint density at radius 3 is 2.45 bits per heavy atom. The molecule has 1 aliphatic rings. The molecule has 11 heavy (non-hydrogen) atoms. The molecule has 0 bridgehead atoms. The summed E-state index contributed by atoms with van der Waals surface area (Å²) in [6, 6.07) is 0. The van der Waals surface area contributed by atoms with Crippen molar-refractivity contribution in [2.24, 2.45) is 5.92 Å². The van der Waals surface area contributed by atoms with Crippen LogP contribution in [0.5, 0.6) is 0 Å². The van der Waals surface area contributed by atoms with E-state index < -0.39 is 0 Å². The fourth-order valence-electron chi connectivity index (χ4n) is 1.63. The predicted octanol–water partition coefficient (Wildman–Crippen LogP) is 2.35. The van der Waals surface area contributed by atoms with Crippen molar-refractivity contribution in [2.45, 2.75) is 26.2 Å². The zero-order valence-electron chi connectivity index (χ0n) is 7.35. The smallest absolute Gasteiger partial charge is 0.0261 e. The van der Waals surface area contributed by atoms with E-state index in [4.69, 9.17) is 11.6 Å². The third kappa shape index (κ3) is 3.44. The van der Waals surface area contributed by atoms with E-state index in [1.54, 1.807) is 0 Å². The maximum atomic E-state index is 5.74. The highest BCUT2D eigenvalue weighted by Crippen LogP contribution is 2.11. The van der Waals surface area contributed by atoms with Gasteiger partial charge in [-0.15, -0.1) is 11.6 Å². The molecule has 0 spiro atoms. The zero-order chi connectivity index (χ0) is 8.10. The standard InChI is InChI=1S/C9H18ClN/c1-9(7-10)8-11-5-3-2-4-6-11/h9H,2-8H2,1H3/t9-/m0/s1. The van der Waals surface area contributed by atoms with Crippen molar-refractivity contribution in [2.75, 3.05) is 25.5 Å². The van der Waals surface area contributed by atoms with Crippen LogP contribution in [-0.4, -0.2) is 30.4 Å². The average Bonchev–Trinajstić information content (AvgIpc) is 2.06. The summed E-state index contributed by atoms with van der Waals surface area (Å²) in [5.41, 5.74) is 0. The van der Waals surface area contributed by atoms with Crippen molar-refractivity contribution in [3.05, 3.63) is 0 Å². The van der Waals surface area contributed by atoms with Crippen LogP contribution in [0.3, 0.4) is 0 Å². The van der Waals surface area contributed by atoms with E-state index in [0.29, 0.717) is 5.92 Å². The Hall–Kier alpha value is 0.250. The molecule has 0 radical (unpaired) electrons. The third-order valence-electron chi connectivity index (χ3n) is 2.28. The van der Waals surface area contributed by atoms with Gasteiger partial charge >= 0.3 is 0 Å². The van der Waals surface area contributed by atoms with Gasteiger partial charge in [-0.25, -0.2) is 0 Å². The monoisotopic (exact) mass is 175 g/mol. The lowest BCUT2D eigenvalue weighted by Crippen LogP contribution is -2.33. The minimum atomic E-state index is 0.662. The Labute approximate surface area is 74.7 Å². The molecule has 1 atom stereocenters. The first-order valence-corrected chi connectivity index (χ1v) is 5.14. The van der Waals surface area contributed by atoms with Crippen LogP contribution in [0.4, 0.5) is 0 Å². The van der Waals surface area contributed by atoms with Gasteiger partial charge in [-0.05, 0) is 31.8 Å². The summed E-state index contributed by atoms with van der Waals surface area (Å²) in [4.78, 5) is 2.54. The molecule has 1 saturated heterocycles. The van der Waals surface area contributed by atoms with E-state index in [1.807, 2.05) is 0 Å². The molecule has 1 fully saturated rings. The molecule has 66 valence electrons. The van der Waals surface area contributed by atoms with Crippen molar-refractivity contribution in [1.29, 1.82) is 0 Å². The zero-order valence-corrected chi connectivity index (χ0v) is 8.11. The molecule has 2 heteroatoms. The summed E-state index contributed by atoms with van der Waals surface area (Å²) in [5.74, 6) is 1.46. The Balaban J connectivity index is 2.13. The Kier molecular flexibility index (Phi) is 4.24. The molecule has 1 heterocycles. The predicted molar refractivity (Wildman–Crippen MR) is 50.2 cm³/mol. The van der Waals surface area contributed by atoms with Crippen LogP contribution in [-0.2, 0) is 0 Å². The number of rotatable bonds is 3. The number of nitrogens with zero attached hydrogens (tertiary/aromatic N) is 1. The molecule has 1 nitrogen and oxygen atoms in total. The molecule has 0 saturated carbocycles. The maximum absolute atomic E-state index is 5.74. The molecule has 1 rings (SSSR count). The van der Waals surface area contributed by atoms with Crippen molar-refractivity contribution < 1.29 is 0 Å². The number of halogens is 1. The number of hydrogen-bond acceptors (Lipinski definition) is 1. The number of piperidine rings is 1. The highest BCUT2D eigenvalue weighted by Gasteiger charge is 2.12. The molecular formula is C9H18ClN. The van der Waals surface area contributed by atoms with Gasteiger partial charge in [-0.2, -0.15) is 0 Å². The molecule has 1 aliphatic heterocycles. The summed E-state index contributed by atoms with van der Waals surface area (Å²) in [7, 11) is 0. The second-order valence-corrected chi connectivity index (χ2v) is 3.93. The SMILES string of the molecule is C[C@@H](CCl)CN1CCCCC1. The molecule has 0 unspecified atom stereocenters. The lowest BCUT2D eigenvalue weighted by atomic mass is 10.1. The average molecular weight is 176 g/mol. The largest absolute Gasteiger partial charge is 0.303 e. The number of alkyl halides is 1. The van der Waals surface area contributed by atoms with Crippen LogP contribution in [0.1, 0.15) is 26.2 Å². The Bertz CT molecular complexity index is 99.7. The normalized spacial score (nSPS) is 23.5. The Morgan fingerprint density at radius 2 is 1.91 bits per heavy atom. The van der Waals surface area contributed by atoms with E-state index >= 15 is 0 Å².